The van der Waals surface area contributed by atoms with Crippen LogP contribution in [0.15, 0.2) is 29.2 Å². The molecule has 1 aromatic carbocycles. The minimum Gasteiger partial charge on any atom is -0.308 e. The summed E-state index contributed by atoms with van der Waals surface area (Å²) < 4.78 is 23.3. The third-order valence-electron chi connectivity index (χ3n) is 3.28. The maximum Gasteiger partial charge on any atom is 0.368 e. The molecule has 0 atom stereocenters. The molecule has 0 saturated carbocycles. The summed E-state index contributed by atoms with van der Waals surface area (Å²) in [4.78, 5) is 12.3. The number of rotatable bonds is 4. The fourth-order valence-corrected chi connectivity index (χ4v) is 2.98. The molecule has 20 heavy (non-hydrogen) atoms. The Kier molecular flexibility index (Phi) is 3.99. The van der Waals surface area contributed by atoms with E-state index in [4.69, 9.17) is 9.05 Å². The van der Waals surface area contributed by atoms with Gasteiger partial charge in [0.2, 0.25) is 0 Å². The molecule has 2 aromatic rings. The average molecular weight is 296 g/mol. The highest BCUT2D eigenvalue weighted by Gasteiger charge is 2.30. The van der Waals surface area contributed by atoms with Gasteiger partial charge in [-0.25, -0.2) is 4.68 Å². The molecule has 0 aliphatic rings. The van der Waals surface area contributed by atoms with Crippen LogP contribution in [0.5, 0.6) is 0 Å². The number of hydrogen-bond donors (Lipinski definition) is 1. The van der Waals surface area contributed by atoms with E-state index in [1.54, 1.807) is 0 Å². The molecule has 0 aliphatic carbocycles. The van der Waals surface area contributed by atoms with Gasteiger partial charge in [0, 0.05) is 20.4 Å². The van der Waals surface area contributed by atoms with E-state index in [1.807, 2.05) is 32.0 Å². The summed E-state index contributed by atoms with van der Waals surface area (Å²) in [5.74, 6) is 0. The Morgan fingerprint density at radius 1 is 1.15 bits per heavy atom. The van der Waals surface area contributed by atoms with Crippen LogP contribution in [-0.4, -0.2) is 24.0 Å². The number of aromatic nitrogens is 2. The number of benzene rings is 1. The Bertz CT molecular complexity index is 724. The van der Waals surface area contributed by atoms with Gasteiger partial charge in [0.1, 0.15) is 5.30 Å². The minimum absolute atomic E-state index is 0.0132. The van der Waals surface area contributed by atoms with Crippen LogP contribution in [0.4, 0.5) is 0 Å². The van der Waals surface area contributed by atoms with Gasteiger partial charge in [0.05, 0.1) is 5.69 Å². The third kappa shape index (κ3) is 2.38. The van der Waals surface area contributed by atoms with E-state index in [1.165, 1.54) is 25.1 Å². The van der Waals surface area contributed by atoms with Gasteiger partial charge >= 0.3 is 7.60 Å². The van der Waals surface area contributed by atoms with Gasteiger partial charge in [-0.2, -0.15) is 0 Å². The van der Waals surface area contributed by atoms with Crippen LogP contribution in [0.3, 0.4) is 0 Å². The molecule has 0 amide bonds. The largest absolute Gasteiger partial charge is 0.368 e. The van der Waals surface area contributed by atoms with Gasteiger partial charge in [-0.1, -0.05) is 6.07 Å². The molecule has 0 unspecified atom stereocenters. The summed E-state index contributed by atoms with van der Waals surface area (Å²) in [5, 5.41) is 2.77. The van der Waals surface area contributed by atoms with Gasteiger partial charge in [-0.15, -0.1) is 0 Å². The summed E-state index contributed by atoms with van der Waals surface area (Å²) in [6.45, 7) is 3.95. The minimum atomic E-state index is -3.56. The second-order valence-electron chi connectivity index (χ2n) is 4.43. The van der Waals surface area contributed by atoms with Crippen molar-refractivity contribution in [2.75, 3.05) is 14.2 Å². The van der Waals surface area contributed by atoms with Crippen molar-refractivity contribution < 1.29 is 13.6 Å². The highest BCUT2D eigenvalue weighted by atomic mass is 31.2. The number of nitrogens with one attached hydrogen (secondary N) is 1. The first-order chi connectivity index (χ1) is 9.42. The normalized spacial score (nSPS) is 11.8. The number of aromatic amines is 1. The smallest absolute Gasteiger partial charge is 0.308 e. The highest BCUT2D eigenvalue weighted by Crippen LogP contribution is 2.43. The molecule has 0 radical (unpaired) electrons. The van der Waals surface area contributed by atoms with Crippen molar-refractivity contribution in [2.24, 2.45) is 0 Å². The summed E-state index contributed by atoms with van der Waals surface area (Å²) >= 11 is 0. The van der Waals surface area contributed by atoms with Crippen molar-refractivity contribution in [3.05, 3.63) is 45.9 Å². The van der Waals surface area contributed by atoms with Gasteiger partial charge in [0.15, 0.2) is 0 Å². The highest BCUT2D eigenvalue weighted by molar-refractivity contribution is 7.62. The second-order valence-corrected chi connectivity index (χ2v) is 6.64. The molecule has 7 heteroatoms. The van der Waals surface area contributed by atoms with E-state index in [0.717, 1.165) is 11.1 Å². The van der Waals surface area contributed by atoms with Crippen molar-refractivity contribution in [1.82, 2.24) is 9.78 Å². The lowest BCUT2D eigenvalue weighted by molar-refractivity contribution is 0.287. The second kappa shape index (κ2) is 5.40. The van der Waals surface area contributed by atoms with Crippen LogP contribution in [0.25, 0.3) is 5.69 Å². The Hall–Kier alpha value is -1.62. The van der Waals surface area contributed by atoms with Crippen LogP contribution in [-0.2, 0) is 13.6 Å². The zero-order valence-corrected chi connectivity index (χ0v) is 12.7. The fraction of sp³-hybridized carbons (Fsp3) is 0.308. The Morgan fingerprint density at radius 2 is 1.80 bits per heavy atom. The molecule has 2 rings (SSSR count). The topological polar surface area (TPSA) is 73.3 Å². The number of nitrogens with zero attached hydrogens (tertiary/aromatic N) is 1. The number of aryl methyl sites for hydroxylation is 2. The van der Waals surface area contributed by atoms with Gasteiger partial charge in [-0.05, 0) is 37.1 Å². The van der Waals surface area contributed by atoms with E-state index in [-0.39, 0.29) is 5.30 Å². The van der Waals surface area contributed by atoms with Crippen molar-refractivity contribution >= 4 is 12.9 Å². The SMILES string of the molecule is COP(=O)(OC)c1c[nH]n(-c2ccc(C)c(C)c2)c1=O. The standard InChI is InChI=1S/C13H17N2O4P/c1-9-5-6-11(7-10(9)2)15-13(16)12(8-14-15)20(17,18-3)19-4/h5-8,14H,1-4H3. The van der Waals surface area contributed by atoms with Gasteiger partial charge < -0.3 is 9.05 Å². The summed E-state index contributed by atoms with van der Waals surface area (Å²) in [7, 11) is -1.06. The lowest BCUT2D eigenvalue weighted by Gasteiger charge is -2.10. The molecule has 0 saturated heterocycles. The average Bonchev–Trinajstić information content (AvgIpc) is 2.83. The lowest BCUT2D eigenvalue weighted by Crippen LogP contribution is -2.28. The molecule has 0 bridgehead atoms. The monoisotopic (exact) mass is 296 g/mol. The molecule has 1 heterocycles. The van der Waals surface area contributed by atoms with Gasteiger partial charge in [-0.3, -0.25) is 14.5 Å². The van der Waals surface area contributed by atoms with Crippen molar-refractivity contribution in [1.29, 1.82) is 0 Å². The molecule has 0 spiro atoms. The van der Waals surface area contributed by atoms with E-state index >= 15 is 0 Å². The van der Waals surface area contributed by atoms with E-state index in [0.29, 0.717) is 5.69 Å². The van der Waals surface area contributed by atoms with E-state index in [2.05, 4.69) is 5.10 Å². The van der Waals surface area contributed by atoms with Crippen LogP contribution in [0.1, 0.15) is 11.1 Å². The predicted octanol–water partition coefficient (Wildman–Crippen LogP) is 1.89. The molecule has 6 nitrogen and oxygen atoms in total. The summed E-state index contributed by atoms with van der Waals surface area (Å²) in [6.07, 6.45) is 1.35. The summed E-state index contributed by atoms with van der Waals surface area (Å²) in [5.41, 5.74) is 2.42. The summed E-state index contributed by atoms with van der Waals surface area (Å²) in [6, 6.07) is 5.61. The Labute approximate surface area is 116 Å². The number of H-pyrrole nitrogens is 1. The molecule has 0 fully saturated rings. The molecular formula is C13H17N2O4P. The van der Waals surface area contributed by atoms with Crippen molar-refractivity contribution in [2.45, 2.75) is 13.8 Å². The molecule has 1 aromatic heterocycles. The van der Waals surface area contributed by atoms with Crippen LogP contribution < -0.4 is 10.9 Å². The molecular weight excluding hydrogens is 279 g/mol. The third-order valence-corrected chi connectivity index (χ3v) is 5.15. The first-order valence-electron chi connectivity index (χ1n) is 6.03. The molecule has 0 aliphatic heterocycles. The van der Waals surface area contributed by atoms with E-state index in [9.17, 15) is 9.36 Å². The number of hydrogen-bond acceptors (Lipinski definition) is 4. The zero-order chi connectivity index (χ0) is 14.9. The van der Waals surface area contributed by atoms with Crippen LogP contribution in [0.2, 0.25) is 0 Å². The molecule has 108 valence electrons. The van der Waals surface area contributed by atoms with Crippen LogP contribution in [0, 0.1) is 13.8 Å². The fourth-order valence-electron chi connectivity index (χ4n) is 1.88. The van der Waals surface area contributed by atoms with Crippen molar-refractivity contribution in [3.63, 3.8) is 0 Å². The Balaban J connectivity index is 2.56. The first-order valence-corrected chi connectivity index (χ1v) is 7.57. The predicted molar refractivity (Wildman–Crippen MR) is 77.1 cm³/mol. The molecule has 1 N–H and O–H groups in total. The lowest BCUT2D eigenvalue weighted by atomic mass is 10.1. The maximum absolute atomic E-state index is 12.3. The first kappa shape index (κ1) is 14.8. The van der Waals surface area contributed by atoms with Crippen LogP contribution >= 0.6 is 7.60 Å². The van der Waals surface area contributed by atoms with E-state index < -0.39 is 13.2 Å². The van der Waals surface area contributed by atoms with Crippen molar-refractivity contribution in [3.8, 4) is 5.69 Å². The quantitative estimate of drug-likeness (QED) is 0.874. The Morgan fingerprint density at radius 3 is 2.35 bits per heavy atom. The van der Waals surface area contributed by atoms with Gasteiger partial charge in [0.25, 0.3) is 5.56 Å². The zero-order valence-electron chi connectivity index (χ0n) is 11.8. The maximum atomic E-state index is 12.3.